The molecule has 0 saturated carbocycles. The number of carbonyl (C=O) groups excluding carboxylic acids is 11. The summed E-state index contributed by atoms with van der Waals surface area (Å²) in [6.45, 7) is 3.38. The molecule has 24 heteroatoms. The van der Waals surface area contributed by atoms with E-state index in [0.29, 0.717) is 56.6 Å². The van der Waals surface area contributed by atoms with E-state index in [4.69, 9.17) is 28.0 Å². The third-order valence-electron chi connectivity index (χ3n) is 17.9. The molecule has 16 N–H and O–H groups in total. The normalized spacial score (nSPS) is 16.1. The monoisotopic (exact) mass is 1390 g/mol. The Morgan fingerprint density at radius 2 is 0.950 bits per heavy atom. The molecule has 544 valence electrons. The van der Waals surface area contributed by atoms with Crippen LogP contribution in [-0.4, -0.2) is 117 Å². The van der Waals surface area contributed by atoms with Crippen molar-refractivity contribution in [1.29, 1.82) is 0 Å². The molecule has 101 heavy (non-hydrogen) atoms. The van der Waals surface area contributed by atoms with Crippen molar-refractivity contribution in [3.8, 4) is 23.7 Å². The number of amides is 10. The Morgan fingerprint density at radius 3 is 1.38 bits per heavy atom. The quantitative estimate of drug-likeness (QED) is 0.0121. The molecule has 8 rings (SSSR count). The van der Waals surface area contributed by atoms with Gasteiger partial charge in [0.2, 0.25) is 47.3 Å². The number of fused-ring (bicyclic) bond motifs is 2. The molecule has 0 radical (unpaired) electrons. The van der Waals surface area contributed by atoms with Gasteiger partial charge in [-0.25, -0.2) is 0 Å². The third-order valence-corrected chi connectivity index (χ3v) is 17.9. The molecule has 4 aromatic carbocycles. The molecule has 2 saturated heterocycles. The van der Waals surface area contributed by atoms with Gasteiger partial charge in [-0.3, -0.25) is 68.2 Å². The van der Waals surface area contributed by atoms with Crippen LogP contribution in [0.2, 0.25) is 0 Å². The lowest BCUT2D eigenvalue weighted by atomic mass is 9.90. The highest BCUT2D eigenvalue weighted by Gasteiger charge is 2.41. The van der Waals surface area contributed by atoms with Gasteiger partial charge in [-0.1, -0.05) is 175 Å². The van der Waals surface area contributed by atoms with E-state index < -0.39 is 65.6 Å². The zero-order chi connectivity index (χ0) is 71.6. The molecule has 24 nitrogen and oxygen atoms in total. The number of hydrogen-bond acceptors (Lipinski definition) is 15. The van der Waals surface area contributed by atoms with Gasteiger partial charge in [0, 0.05) is 93.4 Å². The van der Waals surface area contributed by atoms with Crippen molar-refractivity contribution in [1.82, 2.24) is 37.2 Å². The van der Waals surface area contributed by atoms with Crippen LogP contribution in [0.25, 0.3) is 0 Å². The fourth-order valence-corrected chi connectivity index (χ4v) is 12.0. The minimum atomic E-state index is -0.888. The number of nitrogens with two attached hydrogens (primary N) is 4. The van der Waals surface area contributed by atoms with Crippen LogP contribution < -0.4 is 50.4 Å². The average molecular weight is 1390 g/mol. The van der Waals surface area contributed by atoms with Gasteiger partial charge in [-0.2, -0.15) is 0 Å². The number of hydrogen-bond donors (Lipinski definition) is 10. The Labute approximate surface area is 593 Å². The van der Waals surface area contributed by atoms with Gasteiger partial charge in [0.25, 0.3) is 11.8 Å². The van der Waals surface area contributed by atoms with Crippen LogP contribution in [0, 0.1) is 29.6 Å². The second-order valence-electron chi connectivity index (χ2n) is 25.5. The lowest BCUT2D eigenvalue weighted by molar-refractivity contribution is -0.142. The fourth-order valence-electron chi connectivity index (χ4n) is 12.0. The standard InChI is InChI=1S/C38H47N5O6.C32H38N4O4.C6H11NO3.CH4.H3N/c39-31(19-21-34(40)45)33(44)24-29(26-14-10-8-11-15-26)36(47)41-23-12-7-5-3-1-2-4-6-9-16-27-17-13-18-28-30(27)25-43(38(28)49)32-20-22-35(46)42-37(32)48;33-29(24-15-10-8-11-16-24)31(39)34-21-12-7-5-3-1-2-4-6-9-14-23-17-13-18-25-26(23)22-36(32(25)40)27-19-20-28(37)35-30(27)38;1-4(6(9)10)2-3-5(7)8;;/h8,10-11,13-15,17-18,29,31-32H,1-7,12,19-25,39H2,(H2,40,45)(H,41,47)(H,42,46,48);8,10-11,13,15-18,27,29H,1-7,12,19-22,33H2,(H,34,39)(H,35,37,38);4H,2-3H2,1H3,(H2,7,8)(H,9,10);1H4;1H3/t29-,31-,32?;27?,29-;4-;;/m000../s1. The zero-order valence-corrected chi connectivity index (χ0v) is 57.5. The largest absolute Gasteiger partial charge is 0.481 e. The smallest absolute Gasteiger partial charge is 0.306 e. The number of piperidine rings is 2. The summed E-state index contributed by atoms with van der Waals surface area (Å²) in [6.07, 6.45) is 18.1. The van der Waals surface area contributed by atoms with E-state index in [0.717, 1.165) is 136 Å². The maximum absolute atomic E-state index is 13.1. The maximum atomic E-state index is 13.1. The number of carboxylic acid groups (broad SMARTS) is 1. The molecule has 0 spiro atoms. The number of unbranched alkanes of at least 4 members (excludes halogenated alkanes) is 14. The topological polar surface area (TPSA) is 419 Å². The number of ketones is 1. The molecule has 4 aliphatic rings. The summed E-state index contributed by atoms with van der Waals surface area (Å²) in [4.78, 5) is 146. The lowest BCUT2D eigenvalue weighted by Crippen LogP contribution is -2.52. The molecule has 4 heterocycles. The van der Waals surface area contributed by atoms with E-state index >= 15 is 0 Å². The minimum absolute atomic E-state index is 0. The van der Waals surface area contributed by atoms with Crippen LogP contribution in [-0.2, 0) is 61.0 Å². The van der Waals surface area contributed by atoms with E-state index in [2.05, 4.69) is 44.9 Å². The first-order valence-electron chi connectivity index (χ1n) is 34.6. The summed E-state index contributed by atoms with van der Waals surface area (Å²) < 4.78 is 0. The molecule has 0 aliphatic carbocycles. The summed E-state index contributed by atoms with van der Waals surface area (Å²) >= 11 is 0. The highest BCUT2D eigenvalue weighted by Crippen LogP contribution is 2.32. The maximum Gasteiger partial charge on any atom is 0.306 e. The number of rotatable bonds is 34. The Morgan fingerprint density at radius 1 is 0.545 bits per heavy atom. The van der Waals surface area contributed by atoms with Crippen LogP contribution in [0.5, 0.6) is 0 Å². The van der Waals surface area contributed by atoms with E-state index in [1.807, 2.05) is 84.9 Å². The summed E-state index contributed by atoms with van der Waals surface area (Å²) in [5.41, 5.74) is 28.0. The third kappa shape index (κ3) is 27.3. The molecule has 4 aliphatic heterocycles. The van der Waals surface area contributed by atoms with Crippen LogP contribution in [0.4, 0.5) is 0 Å². The first-order chi connectivity index (χ1) is 47.6. The van der Waals surface area contributed by atoms with Gasteiger partial charge in [0.1, 0.15) is 18.1 Å². The molecule has 10 amide bonds. The van der Waals surface area contributed by atoms with E-state index in [1.54, 1.807) is 28.9 Å². The van der Waals surface area contributed by atoms with Crippen LogP contribution in [0.15, 0.2) is 97.1 Å². The van der Waals surface area contributed by atoms with Gasteiger partial charge in [-0.05, 0) is 97.9 Å². The Balaban J connectivity index is 0.000000375. The molecule has 0 aromatic heterocycles. The van der Waals surface area contributed by atoms with Crippen molar-refractivity contribution in [3.63, 3.8) is 0 Å². The second kappa shape index (κ2) is 44.3. The fraction of sp³-hybridized carbons (Fsp3) is 0.481. The Bertz CT molecular complexity index is 3620. The van der Waals surface area contributed by atoms with Crippen molar-refractivity contribution in [3.05, 3.63) is 142 Å². The van der Waals surface area contributed by atoms with E-state index in [1.165, 1.54) is 0 Å². The van der Waals surface area contributed by atoms with Crippen LogP contribution >= 0.6 is 0 Å². The van der Waals surface area contributed by atoms with Gasteiger partial charge in [-0.15, -0.1) is 0 Å². The van der Waals surface area contributed by atoms with Crippen molar-refractivity contribution in [2.75, 3.05) is 13.1 Å². The number of Topliss-reactive ketones (excluding diaryl/α,β-unsaturated/α-hetero) is 1. The predicted molar refractivity (Wildman–Crippen MR) is 384 cm³/mol. The summed E-state index contributed by atoms with van der Waals surface area (Å²) in [5.74, 6) is 7.58. The average Bonchev–Trinajstić information content (AvgIpc) is 1.64. The van der Waals surface area contributed by atoms with Gasteiger partial charge >= 0.3 is 5.97 Å². The number of carboxylic acids is 1. The van der Waals surface area contributed by atoms with E-state index in [-0.39, 0.29) is 93.3 Å². The number of imide groups is 2. The molecule has 2 unspecified atom stereocenters. The predicted octanol–water partition coefficient (Wildman–Crippen LogP) is 7.88. The first kappa shape index (κ1) is 83.5. The van der Waals surface area contributed by atoms with Crippen LogP contribution in [0.3, 0.4) is 0 Å². The zero-order valence-electron chi connectivity index (χ0n) is 57.5. The molecule has 6 atom stereocenters. The van der Waals surface area contributed by atoms with Gasteiger partial charge in [0.15, 0.2) is 5.78 Å². The number of carbonyl (C=O) groups is 12. The lowest BCUT2D eigenvalue weighted by Gasteiger charge is -2.29. The summed E-state index contributed by atoms with van der Waals surface area (Å²) in [5, 5.41) is 18.9. The Hall–Kier alpha value is -9.88. The Kier molecular flexibility index (Phi) is 36.6. The molecular weight excluding hydrogens is 1290 g/mol. The van der Waals surface area contributed by atoms with Crippen molar-refractivity contribution >= 4 is 70.8 Å². The van der Waals surface area contributed by atoms with Crippen molar-refractivity contribution < 1.29 is 62.6 Å². The van der Waals surface area contributed by atoms with E-state index in [9.17, 15) is 57.5 Å². The van der Waals surface area contributed by atoms with Crippen molar-refractivity contribution in [2.45, 2.75) is 218 Å². The van der Waals surface area contributed by atoms with Gasteiger partial charge < -0.3 is 54.6 Å². The summed E-state index contributed by atoms with van der Waals surface area (Å²) in [7, 11) is 0. The molecule has 2 fully saturated rings. The summed E-state index contributed by atoms with van der Waals surface area (Å²) in [6, 6.07) is 26.9. The highest BCUT2D eigenvalue weighted by molar-refractivity contribution is 6.07. The number of aliphatic carboxylic acids is 1. The first-order valence-corrected chi connectivity index (χ1v) is 34.6. The second-order valence-corrected chi connectivity index (χ2v) is 25.5. The van der Waals surface area contributed by atoms with Crippen LogP contribution in [0.1, 0.15) is 241 Å². The SMILES string of the molecule is C.C[C@@H](CCC(N)=O)C(=O)O.N.NC(=O)CC[C@H](N)C(=O)C[C@H](C(=O)NCCCCCCCCCC#Cc1cccc2c1CN(C1CCC(=O)NC1=O)C2=O)c1ccccc1.N[C@H](C(=O)NCCCCCCCCCC#Cc1cccc2c1CN(C1CCC(=O)NC1=O)C2=O)c1ccccc1. The minimum Gasteiger partial charge on any atom is -0.481 e. The number of nitrogens with one attached hydrogen (secondary N) is 4. The highest BCUT2D eigenvalue weighted by atomic mass is 16.4. The molecule has 4 aromatic rings. The molecule has 0 bridgehead atoms. The number of primary amides is 2. The molecular formula is C77H103N11O13. The number of benzene rings is 4. The van der Waals surface area contributed by atoms with Crippen molar-refractivity contribution in [2.24, 2.45) is 28.9 Å². The number of nitrogens with zero attached hydrogens (tertiary/aromatic N) is 2. The van der Waals surface area contributed by atoms with Gasteiger partial charge in [0.05, 0.1) is 17.9 Å².